The monoisotopic (exact) mass is 247 g/mol. The van der Waals surface area contributed by atoms with Crippen LogP contribution in [0.5, 0.6) is 0 Å². The van der Waals surface area contributed by atoms with Crippen LogP contribution in [0, 0.1) is 5.92 Å². The first-order valence-electron chi connectivity index (χ1n) is 5.69. The number of nitrogens with zero attached hydrogens (tertiary/aromatic N) is 4. The van der Waals surface area contributed by atoms with Crippen LogP contribution in [-0.4, -0.2) is 30.9 Å². The summed E-state index contributed by atoms with van der Waals surface area (Å²) in [4.78, 5) is 19.9. The van der Waals surface area contributed by atoms with Crippen molar-refractivity contribution in [1.82, 2.24) is 19.2 Å². The van der Waals surface area contributed by atoms with E-state index in [1.807, 2.05) is 16.7 Å². The van der Waals surface area contributed by atoms with Crippen molar-refractivity contribution in [3.63, 3.8) is 0 Å². The molecule has 0 spiro atoms. The summed E-state index contributed by atoms with van der Waals surface area (Å²) in [7, 11) is 0. The second kappa shape index (κ2) is 3.95. The van der Waals surface area contributed by atoms with E-state index in [1.54, 1.807) is 6.33 Å². The quantitative estimate of drug-likeness (QED) is 0.546. The van der Waals surface area contributed by atoms with Crippen LogP contribution in [0.4, 0.5) is 0 Å². The molecule has 2 aromatic rings. The number of imidazole rings is 1. The Morgan fingerprint density at radius 2 is 2.22 bits per heavy atom. The van der Waals surface area contributed by atoms with Crippen molar-refractivity contribution >= 4 is 11.2 Å². The number of hydrogen-bond acceptors (Lipinski definition) is 5. The molecule has 7 heteroatoms. The van der Waals surface area contributed by atoms with Crippen molar-refractivity contribution in [1.29, 1.82) is 0 Å². The van der Waals surface area contributed by atoms with Crippen molar-refractivity contribution in [2.75, 3.05) is 12.4 Å². The van der Waals surface area contributed by atoms with Crippen LogP contribution in [0.15, 0.2) is 29.6 Å². The topological polar surface area (TPSA) is 99.0 Å². The van der Waals surface area contributed by atoms with E-state index in [2.05, 4.69) is 9.97 Å². The molecular formula is C11H13N5O2. The van der Waals surface area contributed by atoms with E-state index in [9.17, 15) is 4.79 Å². The minimum absolute atomic E-state index is 0.0766. The fraction of sp³-hybridized carbons (Fsp3) is 0.364. The highest BCUT2D eigenvalue weighted by atomic mass is 16.3. The maximum absolute atomic E-state index is 11.7. The summed E-state index contributed by atoms with van der Waals surface area (Å²) in [5.41, 5.74) is 0.426. The molecule has 0 saturated carbocycles. The fourth-order valence-corrected chi connectivity index (χ4v) is 2.26. The largest absolute Gasteiger partial charge is 0.396 e. The minimum atomic E-state index is -0.362. The van der Waals surface area contributed by atoms with Gasteiger partial charge in [-0.05, 0) is 6.42 Å². The second-order valence-electron chi connectivity index (χ2n) is 4.41. The Bertz CT molecular complexity index is 672. The molecule has 2 aromatic heterocycles. The standard InChI is InChI=1S/C11H13N5O2/c12-16-6-14-10-9(11(16)18)13-5-15(10)8-2-1-7(3-8)4-17/h1-2,5-8,17H,3-4,12H2. The van der Waals surface area contributed by atoms with Crippen LogP contribution < -0.4 is 11.4 Å². The summed E-state index contributed by atoms with van der Waals surface area (Å²) in [6, 6.07) is 0.0766. The molecule has 0 aliphatic heterocycles. The van der Waals surface area contributed by atoms with Gasteiger partial charge >= 0.3 is 0 Å². The smallest absolute Gasteiger partial charge is 0.299 e. The molecule has 0 bridgehead atoms. The van der Waals surface area contributed by atoms with Crippen LogP contribution in [0.25, 0.3) is 11.2 Å². The lowest BCUT2D eigenvalue weighted by molar-refractivity contribution is 0.244. The number of nitrogen functional groups attached to an aromatic ring is 1. The molecule has 3 rings (SSSR count). The molecule has 0 aromatic carbocycles. The number of aromatic nitrogens is 4. The van der Waals surface area contributed by atoms with Crippen LogP contribution in [0.2, 0.25) is 0 Å². The van der Waals surface area contributed by atoms with Crippen LogP contribution >= 0.6 is 0 Å². The third-order valence-corrected chi connectivity index (χ3v) is 3.25. The summed E-state index contributed by atoms with van der Waals surface area (Å²) in [5.74, 6) is 5.59. The van der Waals surface area contributed by atoms with Gasteiger partial charge < -0.3 is 15.5 Å². The maximum atomic E-state index is 11.7. The van der Waals surface area contributed by atoms with Gasteiger partial charge in [-0.25, -0.2) is 14.6 Å². The van der Waals surface area contributed by atoms with Crippen LogP contribution in [-0.2, 0) is 0 Å². The van der Waals surface area contributed by atoms with Gasteiger partial charge in [0, 0.05) is 12.5 Å². The van der Waals surface area contributed by atoms with E-state index < -0.39 is 0 Å². The van der Waals surface area contributed by atoms with Crippen molar-refractivity contribution < 1.29 is 5.11 Å². The van der Waals surface area contributed by atoms with E-state index in [0.29, 0.717) is 5.65 Å². The lowest BCUT2D eigenvalue weighted by Gasteiger charge is -2.12. The molecule has 1 aliphatic carbocycles. The Morgan fingerprint density at radius 3 is 2.94 bits per heavy atom. The van der Waals surface area contributed by atoms with E-state index in [0.717, 1.165) is 11.1 Å². The summed E-state index contributed by atoms with van der Waals surface area (Å²) in [6.45, 7) is 0.128. The van der Waals surface area contributed by atoms with Gasteiger partial charge in [0.2, 0.25) is 0 Å². The molecule has 0 fully saturated rings. The highest BCUT2D eigenvalue weighted by Gasteiger charge is 2.22. The number of aliphatic hydroxyl groups is 1. The third kappa shape index (κ3) is 1.52. The van der Waals surface area contributed by atoms with Gasteiger partial charge in [0.15, 0.2) is 11.2 Å². The van der Waals surface area contributed by atoms with Gasteiger partial charge in [-0.3, -0.25) is 4.79 Å². The number of fused-ring (bicyclic) bond motifs is 1. The lowest BCUT2D eigenvalue weighted by atomic mass is 10.1. The van der Waals surface area contributed by atoms with Gasteiger partial charge in [-0.15, -0.1) is 0 Å². The summed E-state index contributed by atoms with van der Waals surface area (Å²) >= 11 is 0. The van der Waals surface area contributed by atoms with Crippen molar-refractivity contribution in [3.8, 4) is 0 Å². The Kier molecular flexibility index (Phi) is 2.41. The van der Waals surface area contributed by atoms with E-state index in [-0.39, 0.29) is 29.6 Å². The summed E-state index contributed by atoms with van der Waals surface area (Å²) < 4.78 is 2.75. The molecule has 2 heterocycles. The highest BCUT2D eigenvalue weighted by Crippen LogP contribution is 2.28. The Hall–Kier alpha value is -2.15. The van der Waals surface area contributed by atoms with E-state index >= 15 is 0 Å². The summed E-state index contributed by atoms with van der Waals surface area (Å²) in [5, 5.41) is 9.11. The maximum Gasteiger partial charge on any atom is 0.299 e. The number of rotatable bonds is 2. The molecular weight excluding hydrogens is 234 g/mol. The average molecular weight is 247 g/mol. The Labute approximate surface area is 102 Å². The van der Waals surface area contributed by atoms with Gasteiger partial charge in [0.25, 0.3) is 5.56 Å². The summed E-state index contributed by atoms with van der Waals surface area (Å²) in [6.07, 6.45) is 7.63. The molecule has 0 saturated heterocycles. The van der Waals surface area contributed by atoms with Gasteiger partial charge in [-0.2, -0.15) is 0 Å². The predicted molar refractivity (Wildman–Crippen MR) is 65.3 cm³/mol. The Morgan fingerprint density at radius 1 is 1.39 bits per heavy atom. The molecule has 7 nitrogen and oxygen atoms in total. The predicted octanol–water partition coefficient (Wildman–Crippen LogP) is -0.584. The zero-order valence-electron chi connectivity index (χ0n) is 9.60. The van der Waals surface area contributed by atoms with E-state index in [1.165, 1.54) is 6.33 Å². The molecule has 1 aliphatic rings. The molecule has 0 radical (unpaired) electrons. The molecule has 18 heavy (non-hydrogen) atoms. The number of hydrogen-bond donors (Lipinski definition) is 2. The zero-order chi connectivity index (χ0) is 12.7. The Balaban J connectivity index is 2.07. The van der Waals surface area contributed by atoms with Gasteiger partial charge in [0.1, 0.15) is 6.33 Å². The third-order valence-electron chi connectivity index (χ3n) is 3.25. The van der Waals surface area contributed by atoms with Crippen LogP contribution in [0.3, 0.4) is 0 Å². The number of allylic oxidation sites excluding steroid dienone is 1. The molecule has 2 atom stereocenters. The normalized spacial score (nSPS) is 22.9. The molecule has 94 valence electrons. The van der Waals surface area contributed by atoms with Crippen molar-refractivity contribution in [2.24, 2.45) is 5.92 Å². The van der Waals surface area contributed by atoms with Crippen molar-refractivity contribution in [3.05, 3.63) is 35.2 Å². The highest BCUT2D eigenvalue weighted by molar-refractivity contribution is 5.69. The number of nitrogens with two attached hydrogens (primary N) is 1. The van der Waals surface area contributed by atoms with E-state index in [4.69, 9.17) is 10.9 Å². The average Bonchev–Trinajstić information content (AvgIpc) is 2.99. The lowest BCUT2D eigenvalue weighted by Crippen LogP contribution is -2.27. The van der Waals surface area contributed by atoms with Gasteiger partial charge in [0.05, 0.1) is 12.4 Å². The zero-order valence-corrected chi connectivity index (χ0v) is 9.60. The first-order chi connectivity index (χ1) is 8.70. The van der Waals surface area contributed by atoms with Gasteiger partial charge in [-0.1, -0.05) is 12.2 Å². The minimum Gasteiger partial charge on any atom is -0.396 e. The SMILES string of the molecule is Nn1cnc2c(ncn2C2C=CC(CO)C2)c1=O. The molecule has 0 amide bonds. The molecule has 3 N–H and O–H groups in total. The van der Waals surface area contributed by atoms with Crippen LogP contribution in [0.1, 0.15) is 12.5 Å². The first kappa shape index (κ1) is 11.0. The second-order valence-corrected chi connectivity index (χ2v) is 4.41. The molecule has 2 unspecified atom stereocenters. The fourth-order valence-electron chi connectivity index (χ4n) is 2.26. The number of aliphatic hydroxyl groups excluding tert-OH is 1. The van der Waals surface area contributed by atoms with Crippen molar-refractivity contribution in [2.45, 2.75) is 12.5 Å². The first-order valence-corrected chi connectivity index (χ1v) is 5.69.